The molecule has 2 saturated heterocycles. The van der Waals surface area contributed by atoms with E-state index in [0.717, 1.165) is 25.0 Å². The summed E-state index contributed by atoms with van der Waals surface area (Å²) < 4.78 is 0. The van der Waals surface area contributed by atoms with E-state index in [1.807, 2.05) is 0 Å². The van der Waals surface area contributed by atoms with Crippen LogP contribution in [0.4, 0.5) is 0 Å². The quantitative estimate of drug-likeness (QED) is 0.766. The molecular weight excluding hydrogens is 214 g/mol. The summed E-state index contributed by atoms with van der Waals surface area (Å²) in [7, 11) is 0. The molecule has 2 fully saturated rings. The smallest absolute Gasteiger partial charge is 0.326 e. The highest BCUT2D eigenvalue weighted by atomic mass is 32.2. The minimum absolute atomic E-state index is 0.0185. The Bertz CT molecular complexity index is 276. The van der Waals surface area contributed by atoms with Crippen molar-refractivity contribution in [2.75, 3.05) is 12.3 Å². The second-order valence-corrected chi connectivity index (χ2v) is 5.34. The van der Waals surface area contributed by atoms with Crippen LogP contribution in [0.5, 0.6) is 0 Å². The van der Waals surface area contributed by atoms with E-state index in [4.69, 9.17) is 5.11 Å². The van der Waals surface area contributed by atoms with Gasteiger partial charge in [-0.3, -0.25) is 4.79 Å². The van der Waals surface area contributed by atoms with E-state index >= 15 is 0 Å². The number of hydrogen-bond donors (Lipinski definition) is 1. The maximum absolute atomic E-state index is 12.0. The molecule has 1 amide bonds. The van der Waals surface area contributed by atoms with Crippen molar-refractivity contribution in [2.45, 2.75) is 37.0 Å². The Kier molecular flexibility index (Phi) is 3.19. The van der Waals surface area contributed by atoms with Crippen LogP contribution in [0.3, 0.4) is 0 Å². The fourth-order valence-corrected chi connectivity index (χ4v) is 3.47. The molecule has 84 valence electrons. The Balaban J connectivity index is 2.02. The number of aliphatic carboxylic acids is 1. The van der Waals surface area contributed by atoms with E-state index in [2.05, 4.69) is 0 Å². The molecule has 2 rings (SSSR count). The molecule has 2 aliphatic rings. The largest absolute Gasteiger partial charge is 0.480 e. The molecule has 2 unspecified atom stereocenters. The number of carboxylic acids is 1. The van der Waals surface area contributed by atoms with Crippen LogP contribution in [0.15, 0.2) is 0 Å². The molecule has 0 bridgehead atoms. The first kappa shape index (κ1) is 10.8. The van der Waals surface area contributed by atoms with Gasteiger partial charge >= 0.3 is 5.97 Å². The summed E-state index contributed by atoms with van der Waals surface area (Å²) in [5, 5.41) is 8.99. The molecule has 0 aromatic rings. The van der Waals surface area contributed by atoms with E-state index in [1.165, 1.54) is 0 Å². The molecule has 2 heterocycles. The summed E-state index contributed by atoms with van der Waals surface area (Å²) in [6, 6.07) is -0.571. The average molecular weight is 229 g/mol. The van der Waals surface area contributed by atoms with E-state index in [0.29, 0.717) is 13.0 Å². The monoisotopic (exact) mass is 229 g/mol. The maximum atomic E-state index is 12.0. The number of amides is 1. The van der Waals surface area contributed by atoms with Gasteiger partial charge < -0.3 is 10.0 Å². The lowest BCUT2D eigenvalue weighted by Gasteiger charge is -2.24. The fourth-order valence-electron chi connectivity index (χ4n) is 2.24. The third-order valence-electron chi connectivity index (χ3n) is 3.03. The van der Waals surface area contributed by atoms with Crippen LogP contribution in [-0.2, 0) is 9.59 Å². The Hall–Kier alpha value is -0.710. The molecule has 0 aromatic carbocycles. The lowest BCUT2D eigenvalue weighted by molar-refractivity contribution is -0.148. The van der Waals surface area contributed by atoms with Crippen LogP contribution < -0.4 is 0 Å². The maximum Gasteiger partial charge on any atom is 0.326 e. The van der Waals surface area contributed by atoms with Crippen molar-refractivity contribution in [1.82, 2.24) is 4.90 Å². The van der Waals surface area contributed by atoms with Gasteiger partial charge in [0.15, 0.2) is 0 Å². The van der Waals surface area contributed by atoms with Gasteiger partial charge in [0.1, 0.15) is 6.04 Å². The third kappa shape index (κ3) is 2.12. The summed E-state index contributed by atoms with van der Waals surface area (Å²) in [5.41, 5.74) is 0. The predicted octanol–water partition coefficient (Wildman–Crippen LogP) is 0.958. The number of hydrogen-bond acceptors (Lipinski definition) is 3. The third-order valence-corrected chi connectivity index (χ3v) is 4.39. The number of likely N-dealkylation sites (tertiary alicyclic amines) is 1. The van der Waals surface area contributed by atoms with Gasteiger partial charge in [-0.1, -0.05) is 0 Å². The van der Waals surface area contributed by atoms with Crippen LogP contribution >= 0.6 is 11.8 Å². The van der Waals surface area contributed by atoms with Crippen LogP contribution in [0.1, 0.15) is 25.7 Å². The van der Waals surface area contributed by atoms with Crippen LogP contribution in [-0.4, -0.2) is 45.5 Å². The van der Waals surface area contributed by atoms with Gasteiger partial charge in [0.25, 0.3) is 0 Å². The second kappa shape index (κ2) is 4.43. The highest BCUT2D eigenvalue weighted by Crippen LogP contribution is 2.30. The van der Waals surface area contributed by atoms with Crippen molar-refractivity contribution in [2.24, 2.45) is 0 Å². The Morgan fingerprint density at radius 3 is 2.67 bits per heavy atom. The standard InChI is InChI=1S/C10H15NO3S/c12-9(8-4-2-6-15-8)11-5-1-3-7(11)10(13)14/h7-8H,1-6H2,(H,13,14). The van der Waals surface area contributed by atoms with Gasteiger partial charge in [0.05, 0.1) is 5.25 Å². The van der Waals surface area contributed by atoms with Crippen LogP contribution in [0, 0.1) is 0 Å². The van der Waals surface area contributed by atoms with Crippen molar-refractivity contribution in [3.05, 3.63) is 0 Å². The topological polar surface area (TPSA) is 57.6 Å². The highest BCUT2D eigenvalue weighted by molar-refractivity contribution is 8.00. The number of carbonyl (C=O) groups excluding carboxylic acids is 1. The van der Waals surface area contributed by atoms with Crippen molar-refractivity contribution in [1.29, 1.82) is 0 Å². The molecule has 4 nitrogen and oxygen atoms in total. The SMILES string of the molecule is O=C(O)C1CCCN1C(=O)C1CCCS1. The predicted molar refractivity (Wildman–Crippen MR) is 57.9 cm³/mol. The molecule has 0 aromatic heterocycles. The van der Waals surface area contributed by atoms with E-state index in [1.54, 1.807) is 16.7 Å². The molecule has 1 N–H and O–H groups in total. The van der Waals surface area contributed by atoms with Crippen molar-refractivity contribution < 1.29 is 14.7 Å². The normalized spacial score (nSPS) is 30.8. The lowest BCUT2D eigenvalue weighted by atomic mass is 10.2. The number of carboxylic acid groups (broad SMARTS) is 1. The average Bonchev–Trinajstić information content (AvgIpc) is 2.88. The Morgan fingerprint density at radius 1 is 1.27 bits per heavy atom. The van der Waals surface area contributed by atoms with E-state index in [9.17, 15) is 9.59 Å². The van der Waals surface area contributed by atoms with Crippen molar-refractivity contribution in [3.8, 4) is 0 Å². The van der Waals surface area contributed by atoms with Crippen molar-refractivity contribution >= 4 is 23.6 Å². The van der Waals surface area contributed by atoms with E-state index in [-0.39, 0.29) is 11.2 Å². The summed E-state index contributed by atoms with van der Waals surface area (Å²) in [6.07, 6.45) is 3.41. The van der Waals surface area contributed by atoms with Gasteiger partial charge in [-0.15, -0.1) is 11.8 Å². The Morgan fingerprint density at radius 2 is 2.07 bits per heavy atom. The van der Waals surface area contributed by atoms with Crippen LogP contribution in [0.25, 0.3) is 0 Å². The highest BCUT2D eigenvalue weighted by Gasteiger charge is 2.37. The molecule has 2 atom stereocenters. The zero-order valence-electron chi connectivity index (χ0n) is 8.52. The summed E-state index contributed by atoms with van der Waals surface area (Å²) in [4.78, 5) is 24.5. The number of thioether (sulfide) groups is 1. The molecular formula is C10H15NO3S. The van der Waals surface area contributed by atoms with Gasteiger partial charge in [-0.2, -0.15) is 0 Å². The summed E-state index contributed by atoms with van der Waals surface area (Å²) >= 11 is 1.67. The van der Waals surface area contributed by atoms with Crippen molar-refractivity contribution in [3.63, 3.8) is 0 Å². The first-order valence-electron chi connectivity index (χ1n) is 5.35. The summed E-state index contributed by atoms with van der Waals surface area (Å²) in [6.45, 7) is 0.618. The van der Waals surface area contributed by atoms with Gasteiger partial charge in [0, 0.05) is 6.54 Å². The number of carbonyl (C=O) groups is 2. The molecule has 2 aliphatic heterocycles. The van der Waals surface area contributed by atoms with Gasteiger partial charge in [0.2, 0.25) is 5.91 Å². The fraction of sp³-hybridized carbons (Fsp3) is 0.800. The number of rotatable bonds is 2. The molecule has 0 aliphatic carbocycles. The summed E-state index contributed by atoms with van der Waals surface area (Å²) in [5.74, 6) is 0.216. The molecule has 5 heteroatoms. The lowest BCUT2D eigenvalue weighted by Crippen LogP contribution is -2.44. The minimum atomic E-state index is -0.858. The molecule has 0 saturated carbocycles. The minimum Gasteiger partial charge on any atom is -0.480 e. The zero-order chi connectivity index (χ0) is 10.8. The number of nitrogens with zero attached hydrogens (tertiary/aromatic N) is 1. The Labute approximate surface area is 93.0 Å². The van der Waals surface area contributed by atoms with Gasteiger partial charge in [-0.25, -0.2) is 4.79 Å². The molecule has 0 radical (unpaired) electrons. The first-order chi connectivity index (χ1) is 7.20. The second-order valence-electron chi connectivity index (χ2n) is 4.03. The van der Waals surface area contributed by atoms with Crippen LogP contribution in [0.2, 0.25) is 0 Å². The molecule has 0 spiro atoms. The van der Waals surface area contributed by atoms with E-state index < -0.39 is 12.0 Å². The first-order valence-corrected chi connectivity index (χ1v) is 6.40. The zero-order valence-corrected chi connectivity index (χ0v) is 9.33. The van der Waals surface area contributed by atoms with Gasteiger partial charge in [-0.05, 0) is 31.4 Å². The molecule has 15 heavy (non-hydrogen) atoms.